The number of aryl methyl sites for hydroxylation is 2. The first kappa shape index (κ1) is 17.0. The molecule has 1 atom stereocenters. The number of hydrogen-bond donors (Lipinski definition) is 2. The van der Waals surface area contributed by atoms with E-state index in [4.69, 9.17) is 0 Å². The summed E-state index contributed by atoms with van der Waals surface area (Å²) in [5.41, 5.74) is 3.33. The van der Waals surface area contributed by atoms with Gasteiger partial charge in [-0.05, 0) is 55.3 Å². The highest BCUT2D eigenvalue weighted by atomic mass is 19.1. The summed E-state index contributed by atoms with van der Waals surface area (Å²) in [6.07, 6.45) is 0.191. The molecule has 0 radical (unpaired) electrons. The van der Waals surface area contributed by atoms with Gasteiger partial charge in [-0.3, -0.25) is 4.79 Å². The van der Waals surface area contributed by atoms with Crippen molar-refractivity contribution in [2.75, 3.05) is 16.8 Å². The van der Waals surface area contributed by atoms with Crippen LogP contribution >= 0.6 is 0 Å². The van der Waals surface area contributed by atoms with Crippen molar-refractivity contribution in [3.05, 3.63) is 59.4 Å². The highest BCUT2D eigenvalue weighted by Crippen LogP contribution is 2.22. The predicted molar refractivity (Wildman–Crippen MR) is 95.2 cm³/mol. The lowest BCUT2D eigenvalue weighted by atomic mass is 10.1. The Balaban J connectivity index is 1.62. The van der Waals surface area contributed by atoms with Crippen LogP contribution in [0.4, 0.5) is 20.6 Å². The van der Waals surface area contributed by atoms with Crippen molar-refractivity contribution in [2.24, 2.45) is 0 Å². The Morgan fingerprint density at radius 1 is 1.16 bits per heavy atom. The van der Waals surface area contributed by atoms with Gasteiger partial charge in [0.25, 0.3) is 0 Å². The summed E-state index contributed by atoms with van der Waals surface area (Å²) in [7, 11) is 0. The molecule has 2 N–H and O–H groups in total. The molecule has 0 bridgehead atoms. The SMILES string of the molecule is Cc1cc(C)cc(NC(=O)N[C@@H]2CC(=O)N(c3cccc(F)c3)C2)c1. The van der Waals surface area contributed by atoms with Gasteiger partial charge in [-0.1, -0.05) is 12.1 Å². The van der Waals surface area contributed by atoms with Gasteiger partial charge in [-0.25, -0.2) is 9.18 Å². The Kier molecular flexibility index (Phi) is 4.70. The van der Waals surface area contributed by atoms with Crippen LogP contribution in [0, 0.1) is 19.7 Å². The van der Waals surface area contributed by atoms with Crippen molar-refractivity contribution in [1.82, 2.24) is 5.32 Å². The summed E-state index contributed by atoms with van der Waals surface area (Å²) in [5, 5.41) is 5.59. The number of rotatable bonds is 3. The highest BCUT2D eigenvalue weighted by Gasteiger charge is 2.31. The number of hydrogen-bond acceptors (Lipinski definition) is 2. The first-order valence-corrected chi connectivity index (χ1v) is 8.12. The Bertz CT molecular complexity index is 802. The molecule has 1 heterocycles. The first-order valence-electron chi connectivity index (χ1n) is 8.12. The lowest BCUT2D eigenvalue weighted by molar-refractivity contribution is -0.117. The second-order valence-corrected chi connectivity index (χ2v) is 6.36. The molecule has 0 saturated carbocycles. The van der Waals surface area contributed by atoms with E-state index >= 15 is 0 Å². The average Bonchev–Trinajstić information content (AvgIpc) is 2.86. The van der Waals surface area contributed by atoms with Crippen molar-refractivity contribution in [1.29, 1.82) is 0 Å². The zero-order chi connectivity index (χ0) is 18.0. The Morgan fingerprint density at radius 2 is 1.88 bits per heavy atom. The number of benzene rings is 2. The minimum Gasteiger partial charge on any atom is -0.333 e. The summed E-state index contributed by atoms with van der Waals surface area (Å²) in [6, 6.07) is 11.0. The van der Waals surface area contributed by atoms with Crippen LogP contribution in [-0.4, -0.2) is 24.5 Å². The zero-order valence-corrected chi connectivity index (χ0v) is 14.2. The van der Waals surface area contributed by atoms with Crippen LogP contribution in [-0.2, 0) is 4.79 Å². The van der Waals surface area contributed by atoms with Crippen LogP contribution in [0.5, 0.6) is 0 Å². The van der Waals surface area contributed by atoms with Gasteiger partial charge in [0, 0.05) is 24.3 Å². The summed E-state index contributed by atoms with van der Waals surface area (Å²) < 4.78 is 13.3. The van der Waals surface area contributed by atoms with E-state index in [1.165, 1.54) is 17.0 Å². The first-order chi connectivity index (χ1) is 11.9. The van der Waals surface area contributed by atoms with Crippen molar-refractivity contribution in [3.63, 3.8) is 0 Å². The van der Waals surface area contributed by atoms with Crippen LogP contribution in [0.3, 0.4) is 0 Å². The third kappa shape index (κ3) is 4.15. The fraction of sp³-hybridized carbons (Fsp3) is 0.263. The Morgan fingerprint density at radius 3 is 2.56 bits per heavy atom. The second kappa shape index (κ2) is 6.93. The van der Waals surface area contributed by atoms with Gasteiger partial charge < -0.3 is 15.5 Å². The topological polar surface area (TPSA) is 61.4 Å². The third-order valence-electron chi connectivity index (χ3n) is 4.06. The molecule has 6 heteroatoms. The van der Waals surface area contributed by atoms with Gasteiger partial charge >= 0.3 is 6.03 Å². The maximum absolute atomic E-state index is 13.3. The molecule has 2 aromatic rings. The fourth-order valence-corrected chi connectivity index (χ4v) is 3.10. The summed E-state index contributed by atoms with van der Waals surface area (Å²) in [6.45, 7) is 4.24. The molecule has 2 aromatic carbocycles. The van der Waals surface area contributed by atoms with Crippen LogP contribution in [0.1, 0.15) is 17.5 Å². The number of halogens is 1. The largest absolute Gasteiger partial charge is 0.333 e. The molecule has 1 saturated heterocycles. The number of carbonyl (C=O) groups is 2. The molecular weight excluding hydrogens is 321 g/mol. The van der Waals surface area contributed by atoms with E-state index in [1.54, 1.807) is 12.1 Å². The quantitative estimate of drug-likeness (QED) is 0.899. The van der Waals surface area contributed by atoms with E-state index < -0.39 is 5.82 Å². The van der Waals surface area contributed by atoms with Crippen LogP contribution in [0.2, 0.25) is 0 Å². The molecule has 1 aliphatic heterocycles. The van der Waals surface area contributed by atoms with Gasteiger partial charge in [0.1, 0.15) is 5.82 Å². The molecular formula is C19H20FN3O2. The number of nitrogens with one attached hydrogen (secondary N) is 2. The Labute approximate surface area is 145 Å². The van der Waals surface area contributed by atoms with E-state index in [0.717, 1.165) is 11.1 Å². The van der Waals surface area contributed by atoms with E-state index in [9.17, 15) is 14.0 Å². The molecule has 0 aliphatic carbocycles. The lowest BCUT2D eigenvalue weighted by Crippen LogP contribution is -2.39. The van der Waals surface area contributed by atoms with Gasteiger partial charge in [-0.15, -0.1) is 0 Å². The monoisotopic (exact) mass is 341 g/mol. The second-order valence-electron chi connectivity index (χ2n) is 6.36. The minimum absolute atomic E-state index is 0.137. The smallest absolute Gasteiger partial charge is 0.319 e. The molecule has 1 aliphatic rings. The number of anilines is 2. The number of carbonyl (C=O) groups excluding carboxylic acids is 2. The van der Waals surface area contributed by atoms with Crippen molar-refractivity contribution in [3.8, 4) is 0 Å². The molecule has 3 amide bonds. The van der Waals surface area contributed by atoms with Crippen molar-refractivity contribution >= 4 is 23.3 Å². The van der Waals surface area contributed by atoms with Crippen molar-refractivity contribution < 1.29 is 14.0 Å². The summed E-state index contributed by atoms with van der Waals surface area (Å²) in [5.74, 6) is -0.531. The van der Waals surface area contributed by atoms with E-state index in [1.807, 2.05) is 32.0 Å². The minimum atomic E-state index is -0.394. The van der Waals surface area contributed by atoms with Gasteiger partial charge in [-0.2, -0.15) is 0 Å². The normalized spacial score (nSPS) is 16.8. The standard InChI is InChI=1S/C19H20FN3O2/c1-12-6-13(2)8-15(7-12)21-19(25)22-16-10-18(24)23(11-16)17-5-3-4-14(20)9-17/h3-9,16H,10-11H2,1-2H3,(H2,21,22,25)/t16-/m1/s1. The number of amides is 3. The summed E-state index contributed by atoms with van der Waals surface area (Å²) >= 11 is 0. The van der Waals surface area contributed by atoms with Gasteiger partial charge in [0.05, 0.1) is 6.04 Å². The Hall–Kier alpha value is -2.89. The van der Waals surface area contributed by atoms with E-state index in [-0.39, 0.29) is 24.4 Å². The van der Waals surface area contributed by atoms with Crippen LogP contribution < -0.4 is 15.5 Å². The zero-order valence-electron chi connectivity index (χ0n) is 14.2. The van der Waals surface area contributed by atoms with Crippen molar-refractivity contribution in [2.45, 2.75) is 26.3 Å². The van der Waals surface area contributed by atoms with Gasteiger partial charge in [0.15, 0.2) is 0 Å². The average molecular weight is 341 g/mol. The molecule has 5 nitrogen and oxygen atoms in total. The molecule has 1 fully saturated rings. The molecule has 25 heavy (non-hydrogen) atoms. The lowest BCUT2D eigenvalue weighted by Gasteiger charge is -2.17. The molecule has 130 valence electrons. The molecule has 0 aromatic heterocycles. The van der Waals surface area contributed by atoms with E-state index in [2.05, 4.69) is 10.6 Å². The molecule has 3 rings (SSSR count). The van der Waals surface area contributed by atoms with Crippen LogP contribution in [0.25, 0.3) is 0 Å². The van der Waals surface area contributed by atoms with E-state index in [0.29, 0.717) is 17.9 Å². The van der Waals surface area contributed by atoms with Crippen LogP contribution in [0.15, 0.2) is 42.5 Å². The third-order valence-corrected chi connectivity index (χ3v) is 4.06. The maximum atomic E-state index is 13.3. The molecule has 0 unspecified atom stereocenters. The highest BCUT2D eigenvalue weighted by molar-refractivity contribution is 5.97. The number of urea groups is 1. The fourth-order valence-electron chi connectivity index (χ4n) is 3.10. The van der Waals surface area contributed by atoms with Gasteiger partial charge in [0.2, 0.25) is 5.91 Å². The number of nitrogens with zero attached hydrogens (tertiary/aromatic N) is 1. The summed E-state index contributed by atoms with van der Waals surface area (Å²) in [4.78, 5) is 25.8. The predicted octanol–water partition coefficient (Wildman–Crippen LogP) is 3.37. The molecule has 0 spiro atoms. The maximum Gasteiger partial charge on any atom is 0.319 e.